The van der Waals surface area contributed by atoms with Crippen LogP contribution in [0.4, 0.5) is 0 Å². The molecule has 0 saturated carbocycles. The van der Waals surface area contributed by atoms with Gasteiger partial charge >= 0.3 is 0 Å². The zero-order valence-electron chi connectivity index (χ0n) is 8.71. The van der Waals surface area contributed by atoms with Crippen molar-refractivity contribution < 1.29 is 4.55 Å². The molecule has 86 valence electrons. The summed E-state index contributed by atoms with van der Waals surface area (Å²) in [7, 11) is 0. The van der Waals surface area contributed by atoms with Crippen molar-refractivity contribution in [2.24, 2.45) is 0 Å². The highest BCUT2D eigenvalue weighted by atomic mass is 35.5. The standard InChI is InChI=1S/C12H12Cl2OS/c1-9(13)5-7-11(3)16(15)12(4)8-6-10(2)14/h5-8H,1-4H2/b7-5-,8-6-. The van der Waals surface area contributed by atoms with E-state index in [-0.39, 0.29) is 0 Å². The second-order valence-electron chi connectivity index (χ2n) is 2.76. The van der Waals surface area contributed by atoms with Crippen LogP contribution in [-0.4, -0.2) is 4.55 Å². The summed E-state index contributed by atoms with van der Waals surface area (Å²) in [6.07, 6.45) is 6.08. The van der Waals surface area contributed by atoms with E-state index >= 15 is 0 Å². The van der Waals surface area contributed by atoms with Crippen molar-refractivity contribution in [3.8, 4) is 0 Å². The van der Waals surface area contributed by atoms with Crippen LogP contribution in [0.25, 0.3) is 0 Å². The molecular weight excluding hydrogens is 263 g/mol. The minimum absolute atomic E-state index is 0.341. The largest absolute Gasteiger partial charge is 0.607 e. The average Bonchev–Trinajstić information content (AvgIpc) is 2.21. The van der Waals surface area contributed by atoms with Crippen molar-refractivity contribution >= 4 is 34.4 Å². The molecule has 0 aromatic rings. The van der Waals surface area contributed by atoms with Crippen molar-refractivity contribution in [2.75, 3.05) is 0 Å². The summed E-state index contributed by atoms with van der Waals surface area (Å²) in [4.78, 5) is 0.772. The Labute approximate surface area is 109 Å². The molecule has 0 rings (SSSR count). The van der Waals surface area contributed by atoms with Crippen molar-refractivity contribution in [2.45, 2.75) is 0 Å². The van der Waals surface area contributed by atoms with Crippen molar-refractivity contribution in [3.05, 3.63) is 70.5 Å². The molecular formula is C12H12Cl2OS. The van der Waals surface area contributed by atoms with Gasteiger partial charge in [0.25, 0.3) is 0 Å². The van der Waals surface area contributed by atoms with Gasteiger partial charge in [0.2, 0.25) is 0 Å². The second-order valence-corrected chi connectivity index (χ2v) is 5.32. The highest BCUT2D eigenvalue weighted by Crippen LogP contribution is 2.18. The van der Waals surface area contributed by atoms with Crippen LogP contribution < -0.4 is 0 Å². The van der Waals surface area contributed by atoms with Crippen molar-refractivity contribution in [1.29, 1.82) is 0 Å². The van der Waals surface area contributed by atoms with Crippen LogP contribution in [0.3, 0.4) is 0 Å². The maximum Gasteiger partial charge on any atom is 0.151 e. The fourth-order valence-electron chi connectivity index (χ4n) is 0.659. The Hall–Kier alpha value is -0.670. The molecule has 0 atom stereocenters. The molecule has 0 fully saturated rings. The molecule has 16 heavy (non-hydrogen) atoms. The van der Waals surface area contributed by atoms with E-state index in [0.29, 0.717) is 19.9 Å². The third kappa shape index (κ3) is 6.75. The highest BCUT2D eigenvalue weighted by molar-refractivity contribution is 7.99. The molecule has 1 nitrogen and oxygen atoms in total. The van der Waals surface area contributed by atoms with Gasteiger partial charge in [0, 0.05) is 21.2 Å². The normalized spacial score (nSPS) is 11.2. The third-order valence-electron chi connectivity index (χ3n) is 1.38. The third-order valence-corrected chi connectivity index (χ3v) is 2.85. The van der Waals surface area contributed by atoms with E-state index in [4.69, 9.17) is 23.2 Å². The molecule has 0 spiro atoms. The molecule has 0 heterocycles. The topological polar surface area (TPSA) is 23.1 Å². The Kier molecular flexibility index (Phi) is 7.26. The highest BCUT2D eigenvalue weighted by Gasteiger charge is 2.12. The van der Waals surface area contributed by atoms with Crippen molar-refractivity contribution in [3.63, 3.8) is 0 Å². The van der Waals surface area contributed by atoms with E-state index in [2.05, 4.69) is 26.3 Å². The van der Waals surface area contributed by atoms with Gasteiger partial charge < -0.3 is 4.55 Å². The van der Waals surface area contributed by atoms with E-state index in [9.17, 15) is 4.55 Å². The van der Waals surface area contributed by atoms with Gasteiger partial charge in [-0.2, -0.15) is 0 Å². The molecule has 0 bridgehead atoms. The first kappa shape index (κ1) is 15.3. The quantitative estimate of drug-likeness (QED) is 0.521. The van der Waals surface area contributed by atoms with Gasteiger partial charge in [0.05, 0.1) is 0 Å². The van der Waals surface area contributed by atoms with Crippen LogP contribution in [0, 0.1) is 0 Å². The predicted molar refractivity (Wildman–Crippen MR) is 74.7 cm³/mol. The van der Waals surface area contributed by atoms with E-state index in [1.807, 2.05) is 0 Å². The van der Waals surface area contributed by atoms with Crippen molar-refractivity contribution in [1.82, 2.24) is 0 Å². The molecule has 0 aliphatic carbocycles. The van der Waals surface area contributed by atoms with E-state index in [0.717, 1.165) is 0 Å². The molecule has 0 aromatic heterocycles. The molecule has 0 saturated heterocycles. The van der Waals surface area contributed by atoms with Crippen LogP contribution in [0.2, 0.25) is 0 Å². The van der Waals surface area contributed by atoms with Crippen LogP contribution in [-0.2, 0) is 11.2 Å². The number of hydrogen-bond donors (Lipinski definition) is 0. The van der Waals surface area contributed by atoms with Crippen LogP contribution in [0.5, 0.6) is 0 Å². The van der Waals surface area contributed by atoms with Crippen LogP contribution in [0.15, 0.2) is 70.5 Å². The predicted octanol–water partition coefficient (Wildman–Crippen LogP) is 4.38. The fraction of sp³-hybridized carbons (Fsp3) is 0. The molecule has 0 aromatic carbocycles. The van der Waals surface area contributed by atoms with Crippen LogP contribution in [0.1, 0.15) is 0 Å². The lowest BCUT2D eigenvalue weighted by atomic mass is 10.5. The maximum atomic E-state index is 11.7. The van der Waals surface area contributed by atoms with Gasteiger partial charge in [-0.3, -0.25) is 0 Å². The lowest BCUT2D eigenvalue weighted by Crippen LogP contribution is -2.02. The lowest BCUT2D eigenvalue weighted by molar-refractivity contribution is 0.608. The molecule has 0 aliphatic heterocycles. The summed E-state index contributed by atoms with van der Waals surface area (Å²) in [5, 5.41) is 0.682. The van der Waals surface area contributed by atoms with Gasteiger partial charge in [0.1, 0.15) is 0 Å². The van der Waals surface area contributed by atoms with Gasteiger partial charge in [-0.25, -0.2) is 0 Å². The Morgan fingerprint density at radius 3 is 1.38 bits per heavy atom. The van der Waals surface area contributed by atoms with Gasteiger partial charge in [-0.05, 0) is 37.5 Å². The van der Waals surface area contributed by atoms with Crippen LogP contribution >= 0.6 is 23.2 Å². The zero-order valence-corrected chi connectivity index (χ0v) is 11.0. The molecule has 0 unspecified atom stereocenters. The minimum Gasteiger partial charge on any atom is -0.607 e. The lowest BCUT2D eigenvalue weighted by Gasteiger charge is -2.08. The summed E-state index contributed by atoms with van der Waals surface area (Å²) in [5.74, 6) is 0. The molecule has 0 aliphatic rings. The Bertz CT molecular complexity index is 344. The van der Waals surface area contributed by atoms with E-state index < -0.39 is 11.2 Å². The summed E-state index contributed by atoms with van der Waals surface area (Å²) >= 11 is 9.64. The maximum absolute atomic E-state index is 11.7. The molecule has 0 radical (unpaired) electrons. The monoisotopic (exact) mass is 274 g/mol. The fourth-order valence-corrected chi connectivity index (χ4v) is 1.50. The van der Waals surface area contributed by atoms with Gasteiger partial charge in [0.15, 0.2) is 9.81 Å². The van der Waals surface area contributed by atoms with E-state index in [1.165, 1.54) is 24.3 Å². The number of allylic oxidation sites excluding steroid dienone is 6. The summed E-state index contributed by atoms with van der Waals surface area (Å²) in [5.41, 5.74) is 0. The number of hydrogen-bond acceptors (Lipinski definition) is 1. The first-order valence-corrected chi connectivity index (χ1v) is 6.09. The number of rotatable bonds is 6. The smallest absolute Gasteiger partial charge is 0.151 e. The summed E-state index contributed by atoms with van der Waals surface area (Å²) < 4.78 is 11.7. The first-order valence-electron chi connectivity index (χ1n) is 4.19. The Morgan fingerprint density at radius 1 is 0.812 bits per heavy atom. The Morgan fingerprint density at radius 2 is 1.12 bits per heavy atom. The molecule has 0 N–H and O–H groups in total. The van der Waals surface area contributed by atoms with E-state index in [1.54, 1.807) is 0 Å². The summed E-state index contributed by atoms with van der Waals surface area (Å²) in [6.45, 7) is 14.2. The minimum atomic E-state index is -1.40. The zero-order chi connectivity index (χ0) is 12.7. The molecule has 4 heteroatoms. The second kappa shape index (κ2) is 7.58. The summed E-state index contributed by atoms with van der Waals surface area (Å²) in [6, 6.07) is 0. The first-order chi connectivity index (χ1) is 7.34. The van der Waals surface area contributed by atoms with Gasteiger partial charge in [-0.15, -0.1) is 0 Å². The SMILES string of the molecule is C=C(Cl)/C=C\C(=C)[S+]([O-])C(=C)/C=C\C(=C)Cl. The van der Waals surface area contributed by atoms with Gasteiger partial charge in [-0.1, -0.05) is 36.4 Å². The Balaban J connectivity index is 4.50. The average molecular weight is 275 g/mol. The molecule has 0 amide bonds. The number of halogens is 2.